The highest BCUT2D eigenvalue weighted by Gasteiger charge is 1.96. The van der Waals surface area contributed by atoms with E-state index in [0.717, 1.165) is 0 Å². The molecular weight excluding hydrogens is 140 g/mol. The number of hydrogen-bond acceptors (Lipinski definition) is 2. The first-order chi connectivity index (χ1) is 4.74. The van der Waals surface area contributed by atoms with Crippen LogP contribution in [-0.4, -0.2) is 11.6 Å². The van der Waals surface area contributed by atoms with E-state index in [2.05, 4.69) is 5.11 Å². The Morgan fingerprint density at radius 3 is 2.78 bits per heavy atom. The van der Waals surface area contributed by atoms with Crippen molar-refractivity contribution in [3.8, 4) is 11.5 Å². The summed E-state index contributed by atoms with van der Waals surface area (Å²) in [6.45, 7) is 0. The number of aromatic hydroxyl groups is 2. The van der Waals surface area contributed by atoms with Crippen LogP contribution in [0.1, 0.15) is 0 Å². The Labute approximate surface area is 58.8 Å². The number of halogens is 1. The standard InChI is InChI=1S/C6H5ClO2/c7-4-1-2-5(8)6(9)3-4/h1-3,8-9H/i/hD. The average Bonchev–Trinajstić information content (AvgIpc) is 1.94. The van der Waals surface area contributed by atoms with E-state index in [0.29, 0.717) is 5.02 Å². The van der Waals surface area contributed by atoms with E-state index in [9.17, 15) is 0 Å². The highest BCUT2D eigenvalue weighted by Crippen LogP contribution is 2.26. The molecule has 0 saturated heterocycles. The Bertz CT molecular complexity index is 239. The Morgan fingerprint density at radius 1 is 1.44 bits per heavy atom. The van der Waals surface area contributed by atoms with Gasteiger partial charge in [0.25, 0.3) is 1.43 Å². The molecule has 0 unspecified atom stereocenters. The Kier molecular flexibility index (Phi) is 1.18. The van der Waals surface area contributed by atoms with Crippen molar-refractivity contribution in [3.63, 3.8) is 0 Å². The number of phenols is 2. The summed E-state index contributed by atoms with van der Waals surface area (Å²) in [5, 5.41) is 13.4. The van der Waals surface area contributed by atoms with Gasteiger partial charge in [-0.05, 0) is 12.1 Å². The summed E-state index contributed by atoms with van der Waals surface area (Å²) < 4.78 is 6.46. The second-order valence-electron chi connectivity index (χ2n) is 1.61. The van der Waals surface area contributed by atoms with Gasteiger partial charge in [-0.1, -0.05) is 11.6 Å². The molecule has 0 atom stereocenters. The molecular formula is C6H5ClO2. The zero-order valence-electron chi connectivity index (χ0n) is 5.47. The predicted molar refractivity (Wildman–Crippen MR) is 34.8 cm³/mol. The Hall–Kier alpha value is -0.890. The molecule has 0 spiro atoms. The number of hydrogen-bond donors (Lipinski definition) is 2. The lowest BCUT2D eigenvalue weighted by molar-refractivity contribution is 0.404. The molecule has 3 heteroatoms. The van der Waals surface area contributed by atoms with Crippen molar-refractivity contribution in [2.24, 2.45) is 0 Å². The predicted octanol–water partition coefficient (Wildman–Crippen LogP) is 1.75. The third kappa shape index (κ3) is 1.27. The number of benzene rings is 1. The molecule has 0 bridgehead atoms. The van der Waals surface area contributed by atoms with Gasteiger partial charge in [0.15, 0.2) is 11.5 Å². The van der Waals surface area contributed by atoms with Crippen molar-refractivity contribution in [2.45, 2.75) is 0 Å². The van der Waals surface area contributed by atoms with Gasteiger partial charge in [0.05, 0.1) is 0 Å². The van der Waals surface area contributed by atoms with E-state index in [4.69, 9.17) is 18.1 Å². The van der Waals surface area contributed by atoms with Crippen LogP contribution in [0.15, 0.2) is 18.2 Å². The third-order valence-electron chi connectivity index (χ3n) is 0.922. The summed E-state index contributed by atoms with van der Waals surface area (Å²) in [7, 11) is 0. The van der Waals surface area contributed by atoms with Crippen molar-refractivity contribution in [2.75, 3.05) is 0 Å². The third-order valence-corrected chi connectivity index (χ3v) is 1.16. The van der Waals surface area contributed by atoms with E-state index in [1.165, 1.54) is 18.2 Å². The van der Waals surface area contributed by atoms with Gasteiger partial charge in [0.1, 0.15) is 0 Å². The van der Waals surface area contributed by atoms with E-state index in [-0.39, 0.29) is 11.5 Å². The molecule has 0 aliphatic carbocycles. The molecule has 0 aliphatic heterocycles. The number of phenolic OH excluding ortho intramolecular Hbond substituents is 2. The van der Waals surface area contributed by atoms with Crippen molar-refractivity contribution >= 4 is 11.6 Å². The van der Waals surface area contributed by atoms with Crippen LogP contribution in [0.4, 0.5) is 0 Å². The lowest BCUT2D eigenvalue weighted by Crippen LogP contribution is -1.66. The fourth-order valence-electron chi connectivity index (χ4n) is 0.488. The topological polar surface area (TPSA) is 40.5 Å². The SMILES string of the molecule is [2H]Oc1cc(Cl)ccc1O. The fourth-order valence-corrected chi connectivity index (χ4v) is 0.650. The van der Waals surface area contributed by atoms with Crippen LogP contribution >= 0.6 is 11.6 Å². The van der Waals surface area contributed by atoms with Crippen molar-refractivity contribution < 1.29 is 10.2 Å². The molecule has 9 heavy (non-hydrogen) atoms. The molecule has 1 rings (SSSR count). The molecule has 0 heterocycles. The quantitative estimate of drug-likeness (QED) is 0.591. The van der Waals surface area contributed by atoms with E-state index in [1.54, 1.807) is 0 Å². The summed E-state index contributed by atoms with van der Waals surface area (Å²) >= 11 is 5.52. The molecule has 2 N–H and O–H groups in total. The minimum Gasteiger partial charge on any atom is -0.504 e. The lowest BCUT2D eigenvalue weighted by atomic mass is 10.3. The monoisotopic (exact) mass is 145 g/mol. The molecule has 1 aromatic rings. The van der Waals surface area contributed by atoms with Gasteiger partial charge in [0.2, 0.25) is 0 Å². The van der Waals surface area contributed by atoms with Gasteiger partial charge < -0.3 is 10.2 Å². The number of rotatable bonds is 1. The van der Waals surface area contributed by atoms with Crippen LogP contribution in [0, 0.1) is 0 Å². The van der Waals surface area contributed by atoms with E-state index in [1.807, 2.05) is 0 Å². The van der Waals surface area contributed by atoms with Crippen LogP contribution in [0.5, 0.6) is 11.5 Å². The first kappa shape index (κ1) is 4.94. The van der Waals surface area contributed by atoms with Gasteiger partial charge in [0, 0.05) is 11.1 Å². The van der Waals surface area contributed by atoms with Gasteiger partial charge in [-0.15, -0.1) is 0 Å². The van der Waals surface area contributed by atoms with Crippen LogP contribution in [0.3, 0.4) is 0 Å². The van der Waals surface area contributed by atoms with E-state index >= 15 is 0 Å². The van der Waals surface area contributed by atoms with Crippen molar-refractivity contribution in [3.05, 3.63) is 23.2 Å². The molecule has 0 saturated carbocycles. The van der Waals surface area contributed by atoms with Gasteiger partial charge in [-0.2, -0.15) is 0 Å². The first-order valence-corrected chi connectivity index (χ1v) is 2.73. The lowest BCUT2D eigenvalue weighted by Gasteiger charge is -1.94. The average molecular weight is 146 g/mol. The van der Waals surface area contributed by atoms with Crippen LogP contribution in [-0.2, 0) is 0 Å². The molecule has 0 fully saturated rings. The molecule has 0 aliphatic rings. The maximum atomic E-state index is 8.93. The zero-order chi connectivity index (χ0) is 7.56. The Morgan fingerprint density at radius 2 is 2.22 bits per heavy atom. The molecule has 0 aromatic heterocycles. The highest BCUT2D eigenvalue weighted by atomic mass is 35.5. The van der Waals surface area contributed by atoms with Crippen LogP contribution in [0.25, 0.3) is 0 Å². The fraction of sp³-hybridized carbons (Fsp3) is 0. The normalized spacial score (nSPS) is 10.6. The summed E-state index contributed by atoms with van der Waals surface area (Å²) in [5.41, 5.74) is 0. The second-order valence-corrected chi connectivity index (χ2v) is 2.05. The molecule has 0 amide bonds. The summed E-state index contributed by atoms with van der Waals surface area (Å²) in [6.07, 6.45) is 0. The van der Waals surface area contributed by atoms with Crippen LogP contribution < -0.4 is 0 Å². The minimum absolute atomic E-state index is 0.0625. The molecule has 0 radical (unpaired) electrons. The smallest absolute Gasteiger partial charge is 0.293 e. The molecule has 1 aromatic carbocycles. The van der Waals surface area contributed by atoms with Crippen molar-refractivity contribution in [1.29, 1.82) is 1.43 Å². The van der Waals surface area contributed by atoms with Gasteiger partial charge in [-0.25, -0.2) is 0 Å². The Balaban J connectivity index is 3.09. The summed E-state index contributed by atoms with van der Waals surface area (Å²) in [4.78, 5) is 0. The molecule has 48 valence electrons. The van der Waals surface area contributed by atoms with Crippen molar-refractivity contribution in [1.82, 2.24) is 0 Å². The van der Waals surface area contributed by atoms with E-state index < -0.39 is 0 Å². The highest BCUT2D eigenvalue weighted by molar-refractivity contribution is 6.30. The zero-order valence-corrected chi connectivity index (χ0v) is 5.22. The largest absolute Gasteiger partial charge is 0.504 e. The summed E-state index contributed by atoms with van der Waals surface area (Å²) in [6, 6.07) is 4.25. The van der Waals surface area contributed by atoms with Gasteiger partial charge >= 0.3 is 0 Å². The molecule has 2 nitrogen and oxygen atoms in total. The maximum absolute atomic E-state index is 8.93. The van der Waals surface area contributed by atoms with Crippen LogP contribution in [0.2, 0.25) is 5.02 Å². The minimum atomic E-state index is -0.0839. The first-order valence-electron chi connectivity index (χ1n) is 2.76. The maximum Gasteiger partial charge on any atom is 0.293 e. The summed E-state index contributed by atoms with van der Waals surface area (Å²) in [5.74, 6) is -0.0214. The second kappa shape index (κ2) is 2.15. The van der Waals surface area contributed by atoms with Gasteiger partial charge in [-0.3, -0.25) is 0 Å².